The van der Waals surface area contributed by atoms with E-state index in [2.05, 4.69) is 0 Å². The van der Waals surface area contributed by atoms with Crippen LogP contribution >= 0.6 is 0 Å². The van der Waals surface area contributed by atoms with Gasteiger partial charge in [0.15, 0.2) is 23.0 Å². The highest BCUT2D eigenvalue weighted by Gasteiger charge is 2.36. The number of ether oxygens (including phenoxy) is 10. The molecule has 0 spiro atoms. The molecule has 3 aromatic rings. The molecule has 2 fully saturated rings. The third kappa shape index (κ3) is 14.5. The van der Waals surface area contributed by atoms with Crippen molar-refractivity contribution in [2.75, 3.05) is 107 Å². The molecule has 398 valence electrons. The van der Waals surface area contributed by atoms with Gasteiger partial charge < -0.3 is 62.1 Å². The molecule has 2 aromatic carbocycles. The fraction of sp³-hybridized carbons (Fsp3) is 0.500. The summed E-state index contributed by atoms with van der Waals surface area (Å²) in [4.78, 5) is 72.6. The Morgan fingerprint density at radius 1 is 0.622 bits per heavy atom. The van der Waals surface area contributed by atoms with Gasteiger partial charge in [0.2, 0.25) is 5.91 Å². The summed E-state index contributed by atoms with van der Waals surface area (Å²) in [6.45, 7) is 8.22. The highest BCUT2D eigenvalue weighted by molar-refractivity contribution is 6.05. The molecule has 4 aliphatic rings. The van der Waals surface area contributed by atoms with Crippen molar-refractivity contribution in [3.63, 3.8) is 0 Å². The highest BCUT2D eigenvalue weighted by Crippen LogP contribution is 2.41. The number of carbonyl (C=O) groups excluding carboxylic acids is 4. The third-order valence-electron chi connectivity index (χ3n) is 12.9. The van der Waals surface area contributed by atoms with E-state index in [0.717, 1.165) is 12.8 Å². The second-order valence-corrected chi connectivity index (χ2v) is 17.8. The molecular formula is C54H68N6O14. The molecule has 0 bridgehead atoms. The number of amides is 3. The van der Waals surface area contributed by atoms with Gasteiger partial charge in [0.25, 0.3) is 11.8 Å². The van der Waals surface area contributed by atoms with Crippen LogP contribution in [0.3, 0.4) is 0 Å². The zero-order valence-corrected chi connectivity index (χ0v) is 43.3. The smallest absolute Gasteiger partial charge is 0.305 e. The summed E-state index contributed by atoms with van der Waals surface area (Å²) in [5.41, 5.74) is 5.04. The third-order valence-corrected chi connectivity index (χ3v) is 12.9. The second kappa shape index (κ2) is 27.4. The minimum absolute atomic E-state index is 0.0483. The number of nitrogens with zero attached hydrogens (tertiary/aromatic N) is 6. The van der Waals surface area contributed by atoms with E-state index < -0.39 is 0 Å². The first-order chi connectivity index (χ1) is 36.0. The van der Waals surface area contributed by atoms with E-state index in [0.29, 0.717) is 128 Å². The van der Waals surface area contributed by atoms with E-state index >= 15 is 0 Å². The zero-order valence-electron chi connectivity index (χ0n) is 43.3. The van der Waals surface area contributed by atoms with Crippen LogP contribution < -0.4 is 23.7 Å². The van der Waals surface area contributed by atoms with Crippen molar-refractivity contribution < 1.29 is 66.5 Å². The molecule has 2 saturated heterocycles. The molecule has 3 amide bonds. The van der Waals surface area contributed by atoms with Crippen molar-refractivity contribution in [3.05, 3.63) is 82.2 Å². The summed E-state index contributed by atoms with van der Waals surface area (Å²) in [5, 5.41) is 0. The van der Waals surface area contributed by atoms with Gasteiger partial charge in [-0.15, -0.1) is 0 Å². The van der Waals surface area contributed by atoms with Gasteiger partial charge in [-0.25, -0.2) is 0 Å². The minimum Gasteiger partial charge on any atom is -0.493 e. The molecule has 0 N–H and O–H groups in total. The van der Waals surface area contributed by atoms with E-state index in [-0.39, 0.29) is 81.6 Å². The predicted octanol–water partition coefficient (Wildman–Crippen LogP) is 6.26. The summed E-state index contributed by atoms with van der Waals surface area (Å²) >= 11 is 0. The number of allylic oxidation sites excluding steroid dienone is 2. The molecule has 2 atom stereocenters. The van der Waals surface area contributed by atoms with Crippen LogP contribution in [0.5, 0.6) is 28.7 Å². The van der Waals surface area contributed by atoms with Gasteiger partial charge in [0, 0.05) is 69.9 Å². The normalized spacial score (nSPS) is 17.6. The minimum atomic E-state index is -0.372. The van der Waals surface area contributed by atoms with E-state index in [4.69, 9.17) is 62.3 Å². The average molecular weight is 1030 g/mol. The maximum absolute atomic E-state index is 13.8. The average Bonchev–Trinajstić information content (AvgIpc) is 3.99. The van der Waals surface area contributed by atoms with E-state index in [1.165, 1.54) is 32.5 Å². The lowest BCUT2D eigenvalue weighted by Crippen LogP contribution is -2.36. The van der Waals surface area contributed by atoms with Gasteiger partial charge in [-0.3, -0.25) is 34.1 Å². The van der Waals surface area contributed by atoms with Crippen LogP contribution in [-0.4, -0.2) is 175 Å². The molecule has 0 radical (unpaired) electrons. The molecule has 20 heteroatoms. The molecular weight excluding hydrogens is 957 g/mol. The van der Waals surface area contributed by atoms with Crippen molar-refractivity contribution in [3.8, 4) is 28.7 Å². The Kier molecular flexibility index (Phi) is 20.3. The van der Waals surface area contributed by atoms with Crippen LogP contribution in [0.25, 0.3) is 0 Å². The van der Waals surface area contributed by atoms with Crippen LogP contribution in [0, 0.1) is 0 Å². The maximum Gasteiger partial charge on any atom is 0.305 e. The van der Waals surface area contributed by atoms with Gasteiger partial charge in [-0.05, 0) is 45.2 Å². The Balaban J connectivity index is 1.06. The van der Waals surface area contributed by atoms with E-state index in [1.54, 1.807) is 60.8 Å². The number of hydrogen-bond acceptors (Lipinski definition) is 17. The Morgan fingerprint density at radius 2 is 1.14 bits per heavy atom. The maximum atomic E-state index is 13.8. The second-order valence-electron chi connectivity index (χ2n) is 17.8. The van der Waals surface area contributed by atoms with Crippen LogP contribution in [0.15, 0.2) is 69.7 Å². The Labute approximate surface area is 432 Å². The van der Waals surface area contributed by atoms with Gasteiger partial charge >= 0.3 is 5.97 Å². The molecule has 4 aliphatic heterocycles. The number of carbonyl (C=O) groups is 4. The number of esters is 1. The fourth-order valence-electron chi connectivity index (χ4n) is 8.84. The van der Waals surface area contributed by atoms with Crippen molar-refractivity contribution in [1.82, 2.24) is 19.7 Å². The predicted molar refractivity (Wildman–Crippen MR) is 274 cm³/mol. The summed E-state index contributed by atoms with van der Waals surface area (Å²) < 4.78 is 57.0. The van der Waals surface area contributed by atoms with E-state index in [9.17, 15) is 19.2 Å². The lowest BCUT2D eigenvalue weighted by molar-refractivity contribution is -0.141. The van der Waals surface area contributed by atoms with Gasteiger partial charge in [0.1, 0.15) is 25.6 Å². The molecule has 7 rings (SSSR count). The topological polar surface area (TPSA) is 208 Å². The van der Waals surface area contributed by atoms with Crippen LogP contribution in [0.2, 0.25) is 0 Å². The summed E-state index contributed by atoms with van der Waals surface area (Å²) in [7, 11) is 5.96. The monoisotopic (exact) mass is 1020 g/mol. The number of methoxy groups -OCH3 is 4. The first-order valence-electron chi connectivity index (χ1n) is 24.9. The van der Waals surface area contributed by atoms with Crippen LogP contribution in [0.1, 0.15) is 78.1 Å². The highest BCUT2D eigenvalue weighted by atomic mass is 16.6. The molecule has 0 saturated carbocycles. The molecule has 1 aromatic heterocycles. The van der Waals surface area contributed by atoms with Crippen LogP contribution in [0.4, 0.5) is 11.4 Å². The molecule has 74 heavy (non-hydrogen) atoms. The number of pyridine rings is 1. The Hall–Kier alpha value is -6.87. The lowest BCUT2D eigenvalue weighted by Gasteiger charge is -2.23. The number of benzene rings is 2. The molecule has 0 unspecified atom stereocenters. The SMILES string of the molecule is CC=C1C[C@H]2C=Nc3cc(OCc4cc(OCCN(CCCC(=O)OC)C(=O)CCOCCOCCOCCOC)cc(COc5cc6c(cc5OC)C(=O)N5CC(=CC)C[C@H]5C=N6)n4)c(OC)cc3C(=O)N2C1. The molecule has 0 aliphatic carbocycles. The molecule has 5 heterocycles. The first kappa shape index (κ1) is 54.9. The Morgan fingerprint density at radius 3 is 1.62 bits per heavy atom. The van der Waals surface area contributed by atoms with Gasteiger partial charge in [-0.1, -0.05) is 23.3 Å². The largest absolute Gasteiger partial charge is 0.493 e. The zero-order chi connectivity index (χ0) is 52.4. The summed E-state index contributed by atoms with van der Waals surface area (Å²) in [6.07, 6.45) is 9.79. The van der Waals surface area contributed by atoms with Crippen molar-refractivity contribution >= 4 is 47.5 Å². The van der Waals surface area contributed by atoms with Crippen molar-refractivity contribution in [2.45, 2.75) is 71.2 Å². The summed E-state index contributed by atoms with van der Waals surface area (Å²) in [5.74, 6) is 1.01. The van der Waals surface area contributed by atoms with E-state index in [1.807, 2.05) is 35.8 Å². The number of rotatable bonds is 28. The Bertz CT molecular complexity index is 2450. The van der Waals surface area contributed by atoms with Crippen molar-refractivity contribution in [2.24, 2.45) is 9.98 Å². The van der Waals surface area contributed by atoms with Crippen molar-refractivity contribution in [1.29, 1.82) is 0 Å². The number of hydrogen-bond donors (Lipinski definition) is 0. The number of fused-ring (bicyclic) bond motifs is 4. The number of aromatic nitrogens is 1. The van der Waals surface area contributed by atoms with Gasteiger partial charge in [-0.2, -0.15) is 0 Å². The standard InChI is InChI=1S/C54H68N6O14/c1-7-36-22-40-30-55-45-28-49(47(66-4)26-43(45)53(63)59(40)32-36)73-34-38-24-42(72-15-13-58(12-9-10-52(62)68-6)51(61)11-14-69-18-19-71-21-20-70-17-16-65-3)25-39(57-38)35-74-50-29-46-44(27-48(50)67-5)54(64)60-33-37(8-2)23-41(60)31-56-46/h7-8,24-31,40-41H,9-23,32-35H2,1-6H3/t40-,41-/m0/s1. The quantitative estimate of drug-likeness (QED) is 0.0447. The number of aliphatic imine (C=N–C) groups is 2. The first-order valence-corrected chi connectivity index (χ1v) is 24.9. The fourth-order valence-corrected chi connectivity index (χ4v) is 8.84. The van der Waals surface area contributed by atoms with Crippen LogP contribution in [-0.2, 0) is 46.5 Å². The molecule has 20 nitrogen and oxygen atoms in total. The van der Waals surface area contributed by atoms with Gasteiger partial charge in [0.05, 0.1) is 127 Å². The summed E-state index contributed by atoms with van der Waals surface area (Å²) in [6, 6.07) is 9.87. The lowest BCUT2D eigenvalue weighted by atomic mass is 10.1.